The van der Waals surface area contributed by atoms with Crippen molar-refractivity contribution in [3.05, 3.63) is 150 Å². The minimum absolute atomic E-state index is 0.979. The SMILES string of the molecule is [C-]1=CC=CC1.[Zr+2]=[C]1CCC1.c1ccc(Cc2ccc3[cH-]c4ccc(Cc5ccccc5)cc4c3c2)cc1. The number of benzene rings is 4. The molecule has 0 aromatic heterocycles. The summed E-state index contributed by atoms with van der Waals surface area (Å²) in [5.41, 5.74) is 5.46. The van der Waals surface area contributed by atoms with Crippen molar-refractivity contribution in [2.75, 3.05) is 0 Å². The van der Waals surface area contributed by atoms with E-state index in [1.807, 2.05) is 12.2 Å². The van der Waals surface area contributed by atoms with Crippen molar-refractivity contribution < 1.29 is 24.2 Å². The molecule has 5 aromatic carbocycles. The zero-order valence-electron chi connectivity index (χ0n) is 21.3. The first-order chi connectivity index (χ1) is 18.2. The van der Waals surface area contributed by atoms with Gasteiger partial charge in [0.05, 0.1) is 0 Å². The molecular formula is C36H32Zr. The molecule has 7 rings (SSSR count). The summed E-state index contributed by atoms with van der Waals surface area (Å²) in [6.07, 6.45) is 16.3. The summed E-state index contributed by atoms with van der Waals surface area (Å²) in [5, 5.41) is 5.40. The molecular weight excluding hydrogens is 524 g/mol. The summed E-state index contributed by atoms with van der Waals surface area (Å²) in [6.45, 7) is 0. The number of allylic oxidation sites excluding steroid dienone is 4. The average molecular weight is 556 g/mol. The fraction of sp³-hybridized carbons (Fsp3) is 0.167. The fourth-order valence-corrected chi connectivity index (χ4v) is 5.54. The zero-order valence-corrected chi connectivity index (χ0v) is 23.7. The van der Waals surface area contributed by atoms with Crippen LogP contribution in [0.4, 0.5) is 0 Å². The second-order valence-electron chi connectivity index (χ2n) is 9.77. The number of fused-ring (bicyclic) bond motifs is 3. The Morgan fingerprint density at radius 3 is 1.51 bits per heavy atom. The van der Waals surface area contributed by atoms with Crippen molar-refractivity contribution in [3.8, 4) is 0 Å². The van der Waals surface area contributed by atoms with Gasteiger partial charge in [0.15, 0.2) is 0 Å². The Morgan fingerprint density at radius 1 is 0.649 bits per heavy atom. The predicted octanol–water partition coefficient (Wildman–Crippen LogP) is 9.09. The van der Waals surface area contributed by atoms with Crippen LogP contribution in [0.2, 0.25) is 0 Å². The maximum Gasteiger partial charge on any atom is -0.00385 e. The molecule has 0 unspecified atom stereocenters. The van der Waals surface area contributed by atoms with Gasteiger partial charge in [0.2, 0.25) is 0 Å². The maximum atomic E-state index is 2.99. The molecule has 37 heavy (non-hydrogen) atoms. The standard InChI is InChI=1S/C27H21.C5H5.C4H6.Zr/c1-3-7-20(8-4-1)15-22-11-13-24-19-25-14-12-23(18-27(25)26(24)17-22)16-21-9-5-2-6-10-21;1-2-4-5-3-1;1-2-4-3-1;/h1-14,17-19H,15-16H2;1-3H,4H2;1-3H2;/q2*-1;;+2. The van der Waals surface area contributed by atoms with Crippen LogP contribution in [0.1, 0.15) is 47.9 Å². The molecule has 1 fully saturated rings. The molecule has 2 aliphatic carbocycles. The van der Waals surface area contributed by atoms with E-state index in [-0.39, 0.29) is 0 Å². The molecule has 1 heteroatoms. The minimum atomic E-state index is 0.979. The molecule has 0 N–H and O–H groups in total. The van der Waals surface area contributed by atoms with E-state index < -0.39 is 0 Å². The summed E-state index contributed by atoms with van der Waals surface area (Å²) < 4.78 is 1.78. The number of hydrogen-bond acceptors (Lipinski definition) is 0. The fourth-order valence-electron chi connectivity index (χ4n) is 4.67. The first kappa shape index (κ1) is 25.6. The molecule has 0 saturated heterocycles. The van der Waals surface area contributed by atoms with E-state index in [1.165, 1.54) is 63.1 Å². The van der Waals surface area contributed by atoms with Gasteiger partial charge in [-0.15, -0.1) is 46.2 Å². The molecule has 0 aliphatic heterocycles. The normalized spacial score (nSPS) is 13.6. The molecule has 0 spiro atoms. The number of hydrogen-bond donors (Lipinski definition) is 0. The Bertz CT molecular complexity index is 1410. The van der Waals surface area contributed by atoms with Gasteiger partial charge in [-0.2, -0.15) is 6.08 Å². The van der Waals surface area contributed by atoms with Crippen LogP contribution >= 0.6 is 0 Å². The second-order valence-corrected chi connectivity index (χ2v) is 11.5. The monoisotopic (exact) mass is 554 g/mol. The molecule has 180 valence electrons. The predicted molar refractivity (Wildman–Crippen MR) is 156 cm³/mol. The Morgan fingerprint density at radius 2 is 1.16 bits per heavy atom. The largest absolute Gasteiger partial charge is 0.126 e. The quantitative estimate of drug-likeness (QED) is 0.194. The molecule has 2 aliphatic rings. The van der Waals surface area contributed by atoms with Crippen molar-refractivity contribution in [1.29, 1.82) is 0 Å². The van der Waals surface area contributed by atoms with Crippen LogP contribution < -0.4 is 0 Å². The molecule has 0 amide bonds. The van der Waals surface area contributed by atoms with Gasteiger partial charge in [0.25, 0.3) is 0 Å². The Kier molecular flexibility index (Phi) is 8.99. The van der Waals surface area contributed by atoms with Gasteiger partial charge in [0, 0.05) is 0 Å². The van der Waals surface area contributed by atoms with Crippen LogP contribution in [-0.2, 0) is 37.1 Å². The van der Waals surface area contributed by atoms with Crippen molar-refractivity contribution in [1.82, 2.24) is 0 Å². The van der Waals surface area contributed by atoms with Crippen LogP contribution in [0.3, 0.4) is 0 Å². The third-order valence-electron chi connectivity index (χ3n) is 6.88. The van der Waals surface area contributed by atoms with E-state index in [4.69, 9.17) is 0 Å². The van der Waals surface area contributed by atoms with Gasteiger partial charge in [-0.3, -0.25) is 6.08 Å². The van der Waals surface area contributed by atoms with Gasteiger partial charge in [-0.1, -0.05) is 96.1 Å². The third-order valence-corrected chi connectivity index (χ3v) is 8.11. The first-order valence-electron chi connectivity index (χ1n) is 13.2. The Labute approximate surface area is 236 Å². The maximum absolute atomic E-state index is 2.99. The number of rotatable bonds is 4. The van der Waals surface area contributed by atoms with Crippen molar-refractivity contribution in [3.63, 3.8) is 0 Å². The van der Waals surface area contributed by atoms with Crippen molar-refractivity contribution in [2.24, 2.45) is 0 Å². The Hall–Kier alpha value is -3.02. The van der Waals surface area contributed by atoms with E-state index in [9.17, 15) is 0 Å². The summed E-state index contributed by atoms with van der Waals surface area (Å²) >= 11 is 1.67. The van der Waals surface area contributed by atoms with E-state index in [0.29, 0.717) is 0 Å². The van der Waals surface area contributed by atoms with Gasteiger partial charge in [-0.25, -0.2) is 12.2 Å². The van der Waals surface area contributed by atoms with E-state index in [2.05, 4.69) is 115 Å². The molecule has 1 saturated carbocycles. The topological polar surface area (TPSA) is 0 Å². The van der Waals surface area contributed by atoms with Crippen LogP contribution in [0.25, 0.3) is 21.5 Å². The van der Waals surface area contributed by atoms with Crippen molar-refractivity contribution >= 4 is 24.8 Å². The summed E-state index contributed by atoms with van der Waals surface area (Å²) in [4.78, 5) is 0. The van der Waals surface area contributed by atoms with E-state index >= 15 is 0 Å². The third kappa shape index (κ3) is 7.27. The molecule has 5 aromatic rings. The second kappa shape index (κ2) is 13.0. The van der Waals surface area contributed by atoms with Gasteiger partial charge in [-0.05, 0) is 24.0 Å². The summed E-state index contributed by atoms with van der Waals surface area (Å²) in [6, 6.07) is 37.5. The average Bonchev–Trinajstić information content (AvgIpc) is 3.61. The summed E-state index contributed by atoms with van der Waals surface area (Å²) in [7, 11) is 0. The summed E-state index contributed by atoms with van der Waals surface area (Å²) in [5.74, 6) is 0. The van der Waals surface area contributed by atoms with E-state index in [1.54, 1.807) is 27.4 Å². The van der Waals surface area contributed by atoms with Crippen LogP contribution in [0.15, 0.2) is 121 Å². The molecule has 0 nitrogen and oxygen atoms in total. The molecule has 0 bridgehead atoms. The van der Waals surface area contributed by atoms with Gasteiger partial charge < -0.3 is 0 Å². The van der Waals surface area contributed by atoms with Gasteiger partial charge in [0.1, 0.15) is 0 Å². The van der Waals surface area contributed by atoms with E-state index in [0.717, 1.165) is 19.3 Å². The zero-order chi connectivity index (χ0) is 25.3. The van der Waals surface area contributed by atoms with Gasteiger partial charge >= 0.3 is 46.7 Å². The molecule has 0 atom stereocenters. The smallest absolute Gasteiger partial charge is 0.00385 e. The van der Waals surface area contributed by atoms with Crippen molar-refractivity contribution in [2.45, 2.75) is 38.5 Å². The molecule has 0 radical (unpaired) electrons. The first-order valence-corrected chi connectivity index (χ1v) is 14.4. The molecule has 0 heterocycles. The minimum Gasteiger partial charge on any atom is -0.126 e. The Balaban J connectivity index is 0.000000233. The van der Waals surface area contributed by atoms with Crippen LogP contribution in [0, 0.1) is 6.08 Å². The van der Waals surface area contributed by atoms with Crippen LogP contribution in [0.5, 0.6) is 0 Å². The van der Waals surface area contributed by atoms with Crippen LogP contribution in [-0.4, -0.2) is 3.21 Å².